The van der Waals surface area contributed by atoms with Crippen molar-refractivity contribution in [2.75, 3.05) is 27.3 Å². The van der Waals surface area contributed by atoms with E-state index in [9.17, 15) is 0 Å². The van der Waals surface area contributed by atoms with Gasteiger partial charge in [-0.25, -0.2) is 0 Å². The van der Waals surface area contributed by atoms with Crippen LogP contribution in [0.1, 0.15) is 12.5 Å². The number of hydrogen-bond donors (Lipinski definition) is 0. The van der Waals surface area contributed by atoms with Crippen molar-refractivity contribution in [3.05, 3.63) is 23.8 Å². The van der Waals surface area contributed by atoms with Crippen LogP contribution >= 0.6 is 0 Å². The summed E-state index contributed by atoms with van der Waals surface area (Å²) in [5.74, 6) is 1.75. The quantitative estimate of drug-likeness (QED) is 0.778. The molecule has 1 aromatic carbocycles. The van der Waals surface area contributed by atoms with Gasteiger partial charge in [-0.15, -0.1) is 0 Å². The van der Waals surface area contributed by atoms with E-state index in [1.54, 1.807) is 0 Å². The molecule has 1 aliphatic rings. The van der Waals surface area contributed by atoms with Crippen molar-refractivity contribution >= 4 is 0 Å². The molecule has 1 heterocycles. The van der Waals surface area contributed by atoms with Crippen molar-refractivity contribution < 1.29 is 9.47 Å². The van der Waals surface area contributed by atoms with E-state index < -0.39 is 0 Å². The van der Waals surface area contributed by atoms with Gasteiger partial charge in [0, 0.05) is 6.04 Å². The Hall–Kier alpha value is -1.22. The minimum absolute atomic E-state index is 0.530. The zero-order chi connectivity index (χ0) is 11.5. The van der Waals surface area contributed by atoms with Gasteiger partial charge in [0.1, 0.15) is 13.2 Å². The second-order valence-corrected chi connectivity index (χ2v) is 4.49. The highest BCUT2D eigenvalue weighted by molar-refractivity contribution is 5.43. The third-order valence-corrected chi connectivity index (χ3v) is 3.02. The lowest BCUT2D eigenvalue weighted by atomic mass is 10.1. The molecule has 0 bridgehead atoms. The summed E-state index contributed by atoms with van der Waals surface area (Å²) in [5.41, 5.74) is 1.30. The van der Waals surface area contributed by atoms with Gasteiger partial charge in [0.25, 0.3) is 0 Å². The normalized spacial score (nSPS) is 16.2. The van der Waals surface area contributed by atoms with Gasteiger partial charge >= 0.3 is 0 Å². The number of hydrogen-bond acceptors (Lipinski definition) is 3. The van der Waals surface area contributed by atoms with Gasteiger partial charge in [0.15, 0.2) is 11.5 Å². The van der Waals surface area contributed by atoms with E-state index in [0.717, 1.165) is 17.9 Å². The van der Waals surface area contributed by atoms with Gasteiger partial charge in [-0.05, 0) is 45.1 Å². The summed E-state index contributed by atoms with van der Waals surface area (Å²) in [7, 11) is 4.20. The fraction of sp³-hybridized carbons (Fsp3) is 0.538. The van der Waals surface area contributed by atoms with E-state index in [-0.39, 0.29) is 0 Å². The first-order valence-electron chi connectivity index (χ1n) is 5.72. The molecule has 3 heteroatoms. The number of benzene rings is 1. The van der Waals surface area contributed by atoms with E-state index in [2.05, 4.69) is 38.1 Å². The minimum atomic E-state index is 0.530. The number of nitrogens with zero attached hydrogens (tertiary/aromatic N) is 1. The van der Waals surface area contributed by atoms with Gasteiger partial charge in [0.2, 0.25) is 0 Å². The summed E-state index contributed by atoms with van der Waals surface area (Å²) in [6, 6.07) is 6.75. The molecule has 0 aliphatic carbocycles. The summed E-state index contributed by atoms with van der Waals surface area (Å²) >= 11 is 0. The maximum absolute atomic E-state index is 5.57. The van der Waals surface area contributed by atoms with Crippen molar-refractivity contribution in [3.8, 4) is 11.5 Å². The van der Waals surface area contributed by atoms with Crippen LogP contribution in [-0.4, -0.2) is 38.3 Å². The standard InChI is InChI=1S/C13H19NO2/c1-10(14(2)3)8-11-4-5-12-13(9-11)16-7-6-15-12/h4-5,9-10H,6-8H2,1-3H3. The summed E-state index contributed by atoms with van der Waals surface area (Å²) in [5, 5.41) is 0. The monoisotopic (exact) mass is 221 g/mol. The Balaban J connectivity index is 2.11. The van der Waals surface area contributed by atoms with Crippen LogP contribution in [0.5, 0.6) is 11.5 Å². The molecular formula is C13H19NO2. The predicted molar refractivity (Wildman–Crippen MR) is 64.3 cm³/mol. The number of ether oxygens (including phenoxy) is 2. The zero-order valence-corrected chi connectivity index (χ0v) is 10.2. The van der Waals surface area contributed by atoms with Crippen LogP contribution in [0.3, 0.4) is 0 Å². The average Bonchev–Trinajstić information content (AvgIpc) is 2.28. The highest BCUT2D eigenvalue weighted by Crippen LogP contribution is 2.31. The molecule has 0 amide bonds. The first-order valence-corrected chi connectivity index (χ1v) is 5.72. The molecule has 0 aromatic heterocycles. The smallest absolute Gasteiger partial charge is 0.161 e. The zero-order valence-electron chi connectivity index (χ0n) is 10.2. The fourth-order valence-electron chi connectivity index (χ4n) is 1.74. The Bertz CT molecular complexity index is 363. The van der Waals surface area contributed by atoms with Crippen LogP contribution in [0.25, 0.3) is 0 Å². The molecule has 2 rings (SSSR count). The third-order valence-electron chi connectivity index (χ3n) is 3.02. The second kappa shape index (κ2) is 4.74. The first-order chi connectivity index (χ1) is 7.66. The third kappa shape index (κ3) is 2.47. The molecule has 1 atom stereocenters. The molecule has 16 heavy (non-hydrogen) atoms. The molecule has 0 saturated carbocycles. The van der Waals surface area contributed by atoms with E-state index >= 15 is 0 Å². The van der Waals surface area contributed by atoms with Crippen molar-refractivity contribution in [3.63, 3.8) is 0 Å². The SMILES string of the molecule is CC(Cc1ccc2c(c1)OCCO2)N(C)C. The number of fused-ring (bicyclic) bond motifs is 1. The lowest BCUT2D eigenvalue weighted by molar-refractivity contribution is 0.171. The summed E-state index contributed by atoms with van der Waals surface area (Å²) < 4.78 is 11.1. The van der Waals surface area contributed by atoms with E-state index in [4.69, 9.17) is 9.47 Å². The summed E-state index contributed by atoms with van der Waals surface area (Å²) in [4.78, 5) is 2.22. The van der Waals surface area contributed by atoms with Crippen molar-refractivity contribution in [1.82, 2.24) is 4.90 Å². The molecule has 0 spiro atoms. The van der Waals surface area contributed by atoms with Crippen molar-refractivity contribution in [1.29, 1.82) is 0 Å². The van der Waals surface area contributed by atoms with E-state index in [1.807, 2.05) is 6.07 Å². The lowest BCUT2D eigenvalue weighted by Crippen LogP contribution is -2.26. The van der Waals surface area contributed by atoms with Gasteiger partial charge in [0.05, 0.1) is 0 Å². The maximum atomic E-state index is 5.57. The topological polar surface area (TPSA) is 21.7 Å². The number of rotatable bonds is 3. The van der Waals surface area contributed by atoms with Gasteiger partial charge in [-0.2, -0.15) is 0 Å². The molecule has 0 fully saturated rings. The lowest BCUT2D eigenvalue weighted by Gasteiger charge is -2.22. The van der Waals surface area contributed by atoms with Crippen LogP contribution in [-0.2, 0) is 6.42 Å². The highest BCUT2D eigenvalue weighted by atomic mass is 16.6. The molecule has 0 N–H and O–H groups in total. The molecule has 1 unspecified atom stereocenters. The average molecular weight is 221 g/mol. The largest absolute Gasteiger partial charge is 0.486 e. The van der Waals surface area contributed by atoms with Gasteiger partial charge in [-0.3, -0.25) is 0 Å². The maximum Gasteiger partial charge on any atom is 0.161 e. The van der Waals surface area contributed by atoms with Gasteiger partial charge in [-0.1, -0.05) is 6.07 Å². The molecule has 0 saturated heterocycles. The van der Waals surface area contributed by atoms with Crippen LogP contribution in [0.15, 0.2) is 18.2 Å². The Kier molecular flexibility index (Phi) is 3.34. The van der Waals surface area contributed by atoms with E-state index in [1.165, 1.54) is 5.56 Å². The molecule has 0 radical (unpaired) electrons. The van der Waals surface area contributed by atoms with Crippen molar-refractivity contribution in [2.45, 2.75) is 19.4 Å². The van der Waals surface area contributed by atoms with Crippen LogP contribution in [0.2, 0.25) is 0 Å². The summed E-state index contributed by atoms with van der Waals surface area (Å²) in [6.45, 7) is 3.52. The Morgan fingerprint density at radius 3 is 2.56 bits per heavy atom. The minimum Gasteiger partial charge on any atom is -0.486 e. The predicted octanol–water partition coefficient (Wildman–Crippen LogP) is 1.95. The first kappa shape index (κ1) is 11.3. The number of likely N-dealkylation sites (N-methyl/N-ethyl adjacent to an activating group) is 1. The molecule has 3 nitrogen and oxygen atoms in total. The molecule has 88 valence electrons. The van der Waals surface area contributed by atoms with Crippen molar-refractivity contribution in [2.24, 2.45) is 0 Å². The van der Waals surface area contributed by atoms with Crippen LogP contribution in [0.4, 0.5) is 0 Å². The fourth-order valence-corrected chi connectivity index (χ4v) is 1.74. The molecule has 1 aliphatic heterocycles. The van der Waals surface area contributed by atoms with Crippen LogP contribution < -0.4 is 9.47 Å². The Labute approximate surface area is 97.0 Å². The highest BCUT2D eigenvalue weighted by Gasteiger charge is 2.13. The Morgan fingerprint density at radius 2 is 1.88 bits per heavy atom. The van der Waals surface area contributed by atoms with Crippen LogP contribution in [0, 0.1) is 0 Å². The second-order valence-electron chi connectivity index (χ2n) is 4.49. The van der Waals surface area contributed by atoms with Gasteiger partial charge < -0.3 is 14.4 Å². The summed E-state index contributed by atoms with van der Waals surface area (Å²) in [6.07, 6.45) is 1.03. The molecule has 1 aromatic rings. The molecular weight excluding hydrogens is 202 g/mol. The Morgan fingerprint density at radius 1 is 1.19 bits per heavy atom. The van der Waals surface area contributed by atoms with E-state index in [0.29, 0.717) is 19.3 Å².